The molecule has 1 aromatic rings. The number of phenolic OH excluding ortho intramolecular Hbond substituents is 1. The van der Waals surface area contributed by atoms with Gasteiger partial charge in [-0.3, -0.25) is 0 Å². The third kappa shape index (κ3) is 3.55. The highest BCUT2D eigenvalue weighted by molar-refractivity contribution is 5.89. The number of hydrogen-bond acceptors (Lipinski definition) is 4. The fraction of sp³-hybridized carbons (Fsp3) is 0.519. The molecule has 0 unspecified atom stereocenters. The molecule has 0 amide bonds. The van der Waals surface area contributed by atoms with Gasteiger partial charge in [0.15, 0.2) is 0 Å². The van der Waals surface area contributed by atoms with Gasteiger partial charge in [0.05, 0.1) is 5.57 Å². The van der Waals surface area contributed by atoms with E-state index in [1.54, 1.807) is 6.20 Å². The van der Waals surface area contributed by atoms with Gasteiger partial charge in [-0.2, -0.15) is 0 Å². The van der Waals surface area contributed by atoms with Crippen molar-refractivity contribution in [3.8, 4) is 17.8 Å². The van der Waals surface area contributed by atoms with Crippen molar-refractivity contribution >= 4 is 5.97 Å². The normalized spacial score (nSPS) is 33.4. The quantitative estimate of drug-likeness (QED) is 0.510. The molecule has 1 N–H and O–H groups in total. The maximum Gasteiger partial charge on any atom is 0.349 e. The number of benzene rings is 1. The summed E-state index contributed by atoms with van der Waals surface area (Å²) in [5.74, 6) is 5.65. The number of aryl methyl sites for hydroxylation is 1. The van der Waals surface area contributed by atoms with Gasteiger partial charge in [-0.05, 0) is 91.2 Å². The Morgan fingerprint density at radius 3 is 2.97 bits per heavy atom. The van der Waals surface area contributed by atoms with Gasteiger partial charge in [0.2, 0.25) is 0 Å². The van der Waals surface area contributed by atoms with Crippen molar-refractivity contribution in [3.63, 3.8) is 0 Å². The van der Waals surface area contributed by atoms with Gasteiger partial charge in [-0.25, -0.2) is 4.79 Å². The molecule has 3 aliphatic carbocycles. The van der Waals surface area contributed by atoms with Crippen molar-refractivity contribution in [3.05, 3.63) is 53.4 Å². The van der Waals surface area contributed by atoms with E-state index in [1.165, 1.54) is 30.4 Å². The van der Waals surface area contributed by atoms with Crippen LogP contribution in [0.15, 0.2) is 42.2 Å². The highest BCUT2D eigenvalue weighted by Crippen LogP contribution is 2.62. The molecular formula is C27H31NO3. The molecule has 1 aromatic carbocycles. The van der Waals surface area contributed by atoms with Gasteiger partial charge in [0.1, 0.15) is 11.9 Å². The molecule has 4 heteroatoms. The van der Waals surface area contributed by atoms with Gasteiger partial charge in [-0.15, -0.1) is 0 Å². The first-order chi connectivity index (χ1) is 15.0. The Hall–Kier alpha value is -2.67. The summed E-state index contributed by atoms with van der Waals surface area (Å²) in [6.07, 6.45) is 16.0. The van der Waals surface area contributed by atoms with Crippen LogP contribution in [-0.4, -0.2) is 23.0 Å². The largest absolute Gasteiger partial charge is 0.508 e. The number of phenols is 1. The summed E-state index contributed by atoms with van der Waals surface area (Å²) in [4.78, 5) is 14.2. The minimum absolute atomic E-state index is 0.196. The molecule has 0 radical (unpaired) electrons. The van der Waals surface area contributed by atoms with Gasteiger partial charge >= 0.3 is 5.97 Å². The molecule has 0 spiro atoms. The first kappa shape index (κ1) is 20.2. The van der Waals surface area contributed by atoms with Crippen molar-refractivity contribution in [2.24, 2.45) is 23.2 Å². The zero-order chi connectivity index (χ0) is 21.6. The van der Waals surface area contributed by atoms with Crippen LogP contribution in [-0.2, 0) is 16.0 Å². The fourth-order valence-corrected chi connectivity index (χ4v) is 6.84. The van der Waals surface area contributed by atoms with Crippen LogP contribution in [0.4, 0.5) is 0 Å². The lowest BCUT2D eigenvalue weighted by atomic mass is 9.54. The van der Waals surface area contributed by atoms with Crippen molar-refractivity contribution in [2.45, 2.75) is 57.8 Å². The second kappa shape index (κ2) is 7.79. The molecule has 2 fully saturated rings. The maximum atomic E-state index is 12.3. The molecule has 0 saturated heterocycles. The number of carbonyl (C=O) groups is 1. The highest BCUT2D eigenvalue weighted by Gasteiger charge is 2.54. The number of carbonyl (C=O) groups excluding carboxylic acids is 1. The smallest absolute Gasteiger partial charge is 0.349 e. The van der Waals surface area contributed by atoms with E-state index in [9.17, 15) is 9.90 Å². The Bertz CT molecular complexity index is 1010. The number of rotatable bonds is 1. The number of hydrogen-bond donors (Lipinski definition) is 1. The van der Waals surface area contributed by atoms with E-state index in [-0.39, 0.29) is 17.3 Å². The number of fused-ring (bicyclic) bond motifs is 5. The molecular weight excluding hydrogens is 386 g/mol. The van der Waals surface area contributed by atoms with Crippen LogP contribution in [0.3, 0.4) is 0 Å². The van der Waals surface area contributed by atoms with Crippen molar-refractivity contribution in [1.29, 1.82) is 0 Å². The monoisotopic (exact) mass is 417 g/mol. The summed E-state index contributed by atoms with van der Waals surface area (Å²) in [7, 11) is 1.90. The van der Waals surface area contributed by atoms with Gasteiger partial charge in [-0.1, -0.05) is 25.0 Å². The topological polar surface area (TPSA) is 49.8 Å². The molecule has 5 rings (SSSR count). The molecule has 31 heavy (non-hydrogen) atoms. The molecule has 2 saturated carbocycles. The van der Waals surface area contributed by atoms with Crippen LogP contribution in [0, 0.1) is 35.2 Å². The zero-order valence-electron chi connectivity index (χ0n) is 18.4. The maximum absolute atomic E-state index is 12.3. The minimum atomic E-state index is -0.334. The summed E-state index contributed by atoms with van der Waals surface area (Å²) < 4.78 is 5.33. The zero-order valence-corrected chi connectivity index (χ0v) is 18.4. The van der Waals surface area contributed by atoms with Crippen LogP contribution in [0.1, 0.15) is 62.5 Å². The Morgan fingerprint density at radius 1 is 1.26 bits per heavy atom. The summed E-state index contributed by atoms with van der Waals surface area (Å²) in [5.41, 5.74) is 3.63. The molecule has 4 aliphatic rings. The molecule has 162 valence electrons. The lowest BCUT2D eigenvalue weighted by molar-refractivity contribution is -0.132. The molecule has 5 atom stereocenters. The van der Waals surface area contributed by atoms with Crippen molar-refractivity contribution in [2.75, 3.05) is 7.05 Å². The SMILES string of the molecule is CN1C=CCC(C(=O)OC#C[C@H]2CC[C@H]3[C@@H]4CCc5cc(O)ccc5[C@H]4CC[C@]23C)=C1. The predicted molar refractivity (Wildman–Crippen MR) is 120 cm³/mol. The highest BCUT2D eigenvalue weighted by atomic mass is 16.5. The summed E-state index contributed by atoms with van der Waals surface area (Å²) >= 11 is 0. The fourth-order valence-electron chi connectivity index (χ4n) is 6.84. The Kier molecular flexibility index (Phi) is 5.08. The first-order valence-corrected chi connectivity index (χ1v) is 11.6. The van der Waals surface area contributed by atoms with E-state index in [4.69, 9.17) is 4.74 Å². The van der Waals surface area contributed by atoms with Crippen LogP contribution in [0.2, 0.25) is 0 Å². The lowest BCUT2D eigenvalue weighted by Gasteiger charge is -2.50. The number of esters is 1. The van der Waals surface area contributed by atoms with E-state index in [2.05, 4.69) is 25.0 Å². The molecule has 0 bridgehead atoms. The van der Waals surface area contributed by atoms with Gasteiger partial charge < -0.3 is 14.7 Å². The second-order valence-electron chi connectivity index (χ2n) is 10.0. The number of nitrogens with zero attached hydrogens (tertiary/aromatic N) is 1. The molecule has 0 aromatic heterocycles. The number of aromatic hydroxyl groups is 1. The van der Waals surface area contributed by atoms with E-state index < -0.39 is 0 Å². The Balaban J connectivity index is 1.29. The third-order valence-electron chi connectivity index (χ3n) is 8.39. The summed E-state index contributed by atoms with van der Waals surface area (Å²) in [5, 5.41) is 9.87. The second-order valence-corrected chi connectivity index (χ2v) is 10.0. The number of allylic oxidation sites excluding steroid dienone is 1. The third-order valence-corrected chi connectivity index (χ3v) is 8.39. The lowest BCUT2D eigenvalue weighted by Crippen LogP contribution is -2.42. The van der Waals surface area contributed by atoms with Crippen LogP contribution >= 0.6 is 0 Å². The summed E-state index contributed by atoms with van der Waals surface area (Å²) in [6, 6.07) is 5.97. The van der Waals surface area contributed by atoms with Gasteiger partial charge in [0.25, 0.3) is 0 Å². The average molecular weight is 418 g/mol. The van der Waals surface area contributed by atoms with E-state index in [1.807, 2.05) is 36.4 Å². The summed E-state index contributed by atoms with van der Waals surface area (Å²) in [6.45, 7) is 2.41. The minimum Gasteiger partial charge on any atom is -0.508 e. The van der Waals surface area contributed by atoms with Crippen LogP contribution in [0.5, 0.6) is 5.75 Å². The standard InChI is InChI=1S/C27H31NO3/c1-27-13-11-23-22-9-7-21(29)16-18(22)5-8-24(23)25(27)10-6-20(27)12-15-31-26(30)19-4-3-14-28(2)17-19/h3,7,9,14,16-17,20,23-25,29H,4-6,8,10-11,13H2,1-2H3/t20-,23-,24-,25+,27-/m1/s1. The number of ether oxygens (including phenoxy) is 1. The van der Waals surface area contributed by atoms with Crippen molar-refractivity contribution in [1.82, 2.24) is 4.90 Å². The van der Waals surface area contributed by atoms with Gasteiger partial charge in [0, 0.05) is 25.6 Å². The van der Waals surface area contributed by atoms with Crippen LogP contribution in [0.25, 0.3) is 0 Å². The Morgan fingerprint density at radius 2 is 2.13 bits per heavy atom. The van der Waals surface area contributed by atoms with Crippen LogP contribution < -0.4 is 0 Å². The van der Waals surface area contributed by atoms with Crippen molar-refractivity contribution < 1.29 is 14.6 Å². The molecule has 1 aliphatic heterocycles. The predicted octanol–water partition coefficient (Wildman–Crippen LogP) is 5.10. The Labute approximate surface area is 185 Å². The van der Waals surface area contributed by atoms with E-state index in [0.717, 1.165) is 19.3 Å². The van der Waals surface area contributed by atoms with E-state index >= 15 is 0 Å². The molecule has 1 heterocycles. The average Bonchev–Trinajstić information content (AvgIpc) is 3.09. The first-order valence-electron chi connectivity index (χ1n) is 11.6. The molecule has 4 nitrogen and oxygen atoms in total. The van der Waals surface area contributed by atoms with E-state index in [0.29, 0.717) is 35.5 Å².